The third-order valence-corrected chi connectivity index (χ3v) is 12.8. The predicted octanol–water partition coefficient (Wildman–Crippen LogP) is 12.5. The van der Waals surface area contributed by atoms with Crippen LogP contribution in [0.2, 0.25) is 0 Å². The molecule has 4 aliphatic carbocycles. The van der Waals surface area contributed by atoms with E-state index in [1.54, 1.807) is 5.57 Å². The minimum atomic E-state index is -0.0326. The summed E-state index contributed by atoms with van der Waals surface area (Å²) in [5, 5.41) is 3.64. The Morgan fingerprint density at radius 2 is 1.40 bits per heavy atom. The molecule has 0 saturated carbocycles. The van der Waals surface area contributed by atoms with Crippen LogP contribution in [0.5, 0.6) is 0 Å². The predicted molar refractivity (Wildman–Crippen MR) is 205 cm³/mol. The van der Waals surface area contributed by atoms with E-state index in [1.165, 1.54) is 88.4 Å². The number of fused-ring (bicyclic) bond motifs is 8. The van der Waals surface area contributed by atoms with Gasteiger partial charge in [-0.15, -0.1) is 11.3 Å². The van der Waals surface area contributed by atoms with E-state index in [0.717, 1.165) is 25.7 Å². The summed E-state index contributed by atoms with van der Waals surface area (Å²) in [5.41, 5.74) is 21.1. The van der Waals surface area contributed by atoms with Gasteiger partial charge in [-0.05, 0) is 128 Å². The van der Waals surface area contributed by atoms with Crippen LogP contribution < -0.4 is 0 Å². The van der Waals surface area contributed by atoms with Crippen molar-refractivity contribution >= 4 is 38.8 Å². The normalized spacial score (nSPS) is 18.0. The number of hydrogen-bond acceptors (Lipinski definition) is 1. The van der Waals surface area contributed by atoms with Crippen LogP contribution in [-0.2, 0) is 17.3 Å². The molecule has 0 aliphatic heterocycles. The van der Waals surface area contributed by atoms with E-state index in [-0.39, 0.29) is 10.8 Å². The lowest BCUT2D eigenvalue weighted by molar-refractivity contribution is 0.652. The van der Waals surface area contributed by atoms with Gasteiger partial charge in [-0.25, -0.2) is 0 Å². The summed E-state index contributed by atoms with van der Waals surface area (Å²) in [6, 6.07) is 35.0. The highest BCUT2D eigenvalue weighted by Gasteiger charge is 2.38. The van der Waals surface area contributed by atoms with E-state index in [4.69, 9.17) is 0 Å². The molecule has 0 bridgehead atoms. The van der Waals surface area contributed by atoms with E-state index in [9.17, 15) is 0 Å². The van der Waals surface area contributed by atoms with Crippen molar-refractivity contribution in [3.63, 3.8) is 0 Å². The fourth-order valence-corrected chi connectivity index (χ4v) is 10.4. The maximum absolute atomic E-state index is 2.59. The molecule has 0 saturated heterocycles. The van der Waals surface area contributed by atoms with Crippen molar-refractivity contribution in [3.8, 4) is 27.9 Å². The molecule has 234 valence electrons. The quantitative estimate of drug-likeness (QED) is 0.182. The van der Waals surface area contributed by atoms with Gasteiger partial charge in [0.1, 0.15) is 4.83 Å². The zero-order valence-corrected chi connectivity index (χ0v) is 29.0. The zero-order valence-electron chi connectivity index (χ0n) is 28.2. The fourth-order valence-electron chi connectivity index (χ4n) is 9.41. The van der Waals surface area contributed by atoms with E-state index < -0.39 is 0 Å². The largest absolute Gasteiger partial charge is 0.305 e. The lowest BCUT2D eigenvalue weighted by Gasteiger charge is -2.26. The van der Waals surface area contributed by atoms with Crippen LogP contribution in [0.1, 0.15) is 86.0 Å². The molecule has 48 heavy (non-hydrogen) atoms. The first-order valence-electron chi connectivity index (χ1n) is 17.5. The maximum atomic E-state index is 2.59. The third kappa shape index (κ3) is 3.84. The first-order valence-corrected chi connectivity index (χ1v) is 18.4. The van der Waals surface area contributed by atoms with Crippen molar-refractivity contribution < 1.29 is 0 Å². The van der Waals surface area contributed by atoms with Crippen LogP contribution in [-0.4, -0.2) is 4.57 Å². The van der Waals surface area contributed by atoms with Gasteiger partial charge in [-0.2, -0.15) is 0 Å². The second-order valence-corrected chi connectivity index (χ2v) is 16.1. The minimum absolute atomic E-state index is 0.00752. The van der Waals surface area contributed by atoms with Crippen LogP contribution in [0.25, 0.3) is 55.4 Å². The van der Waals surface area contributed by atoms with Crippen LogP contribution in [0, 0.1) is 0 Å². The van der Waals surface area contributed by atoms with Crippen LogP contribution >= 0.6 is 11.3 Å². The van der Waals surface area contributed by atoms with Gasteiger partial charge < -0.3 is 4.57 Å². The lowest BCUT2D eigenvalue weighted by atomic mass is 9.78. The second kappa shape index (κ2) is 9.94. The molecule has 0 radical (unpaired) electrons. The summed E-state index contributed by atoms with van der Waals surface area (Å²) >= 11 is 1.87. The fraction of sp³-hybridized carbons (Fsp3) is 0.217. The van der Waals surface area contributed by atoms with Gasteiger partial charge in [0.25, 0.3) is 0 Å². The zero-order chi connectivity index (χ0) is 32.4. The van der Waals surface area contributed by atoms with Gasteiger partial charge in [-0.1, -0.05) is 107 Å². The Morgan fingerprint density at radius 1 is 0.646 bits per heavy atom. The van der Waals surface area contributed by atoms with E-state index in [0.29, 0.717) is 0 Å². The van der Waals surface area contributed by atoms with E-state index >= 15 is 0 Å². The highest BCUT2D eigenvalue weighted by molar-refractivity contribution is 7.16. The molecule has 2 heterocycles. The SMILES string of the molecule is CC1(C)C2=C(CCC(c3cc(-c4ccc5c(c4)C(C)(C)c4ccccc4-5)cc(-n4c5c(c6ccsc64)C=CCC5)c3)=C2)c2ccccc21. The van der Waals surface area contributed by atoms with Crippen molar-refractivity contribution in [1.82, 2.24) is 4.57 Å². The molecule has 0 amide bonds. The number of allylic oxidation sites excluding steroid dienone is 5. The number of nitrogens with zero attached hydrogens (tertiary/aromatic N) is 1. The van der Waals surface area contributed by atoms with Gasteiger partial charge in [0.2, 0.25) is 0 Å². The van der Waals surface area contributed by atoms with Crippen LogP contribution in [0.4, 0.5) is 0 Å². The van der Waals surface area contributed by atoms with Gasteiger partial charge in [-0.3, -0.25) is 0 Å². The topological polar surface area (TPSA) is 4.93 Å². The minimum Gasteiger partial charge on any atom is -0.305 e. The number of rotatable bonds is 3. The van der Waals surface area contributed by atoms with Crippen LogP contribution in [0.3, 0.4) is 0 Å². The standard InChI is InChI=1S/C46H39NS/c1-45(2)39-14-8-5-11-33(39)35-19-17-28(26-41(35)45)30-23-31(29-18-20-36-34-12-6-9-15-40(34)46(3,4)42(36)27-29)25-32(24-30)47-43-16-10-7-13-37(43)38-21-22-48-44(38)47/h5-9,11-15,17,19,21-27H,10,16,18,20H2,1-4H3. The Morgan fingerprint density at radius 3 is 2.25 bits per heavy atom. The summed E-state index contributed by atoms with van der Waals surface area (Å²) in [7, 11) is 0. The summed E-state index contributed by atoms with van der Waals surface area (Å²) in [6.07, 6.45) is 11.6. The Balaban J connectivity index is 1.18. The summed E-state index contributed by atoms with van der Waals surface area (Å²) in [4.78, 5) is 1.36. The van der Waals surface area contributed by atoms with Crippen molar-refractivity contribution in [1.29, 1.82) is 0 Å². The Labute approximate surface area is 287 Å². The molecule has 0 atom stereocenters. The molecule has 4 aliphatic rings. The van der Waals surface area contributed by atoms with Gasteiger partial charge in [0.05, 0.1) is 0 Å². The molecule has 6 aromatic rings. The number of hydrogen-bond donors (Lipinski definition) is 0. The Bertz CT molecular complexity index is 2450. The Hall–Kier alpha value is -4.66. The smallest absolute Gasteiger partial charge is 0.108 e. The molecule has 2 heteroatoms. The summed E-state index contributed by atoms with van der Waals surface area (Å²) in [6.45, 7) is 9.59. The number of thiophene rings is 1. The maximum Gasteiger partial charge on any atom is 0.108 e. The van der Waals surface area contributed by atoms with Crippen LogP contribution in [0.15, 0.2) is 114 Å². The molecule has 0 spiro atoms. The van der Waals surface area contributed by atoms with E-state index in [2.05, 4.69) is 147 Å². The molecule has 1 nitrogen and oxygen atoms in total. The van der Waals surface area contributed by atoms with Crippen molar-refractivity contribution in [2.45, 2.75) is 64.2 Å². The molecule has 10 rings (SSSR count). The second-order valence-electron chi connectivity index (χ2n) is 15.2. The van der Waals surface area contributed by atoms with Crippen molar-refractivity contribution in [3.05, 3.63) is 153 Å². The molecule has 2 aromatic heterocycles. The highest BCUT2D eigenvalue weighted by atomic mass is 32.1. The molecular formula is C46H39NS. The molecular weight excluding hydrogens is 599 g/mol. The Kier molecular flexibility index (Phi) is 5.87. The monoisotopic (exact) mass is 637 g/mol. The average molecular weight is 638 g/mol. The third-order valence-electron chi connectivity index (χ3n) is 11.9. The number of aromatic nitrogens is 1. The molecule has 4 aromatic carbocycles. The van der Waals surface area contributed by atoms with Crippen molar-refractivity contribution in [2.75, 3.05) is 0 Å². The average Bonchev–Trinajstić information content (AvgIpc) is 3.83. The van der Waals surface area contributed by atoms with Gasteiger partial charge in [0, 0.05) is 33.2 Å². The molecule has 0 unspecified atom stereocenters. The lowest BCUT2D eigenvalue weighted by Crippen LogP contribution is -2.17. The van der Waals surface area contributed by atoms with Gasteiger partial charge in [0.15, 0.2) is 0 Å². The first-order chi connectivity index (χ1) is 23.3. The molecule has 0 N–H and O–H groups in total. The van der Waals surface area contributed by atoms with E-state index in [1.807, 2.05) is 11.3 Å². The molecule has 0 fully saturated rings. The summed E-state index contributed by atoms with van der Waals surface area (Å²) < 4.78 is 2.59. The van der Waals surface area contributed by atoms with Crippen molar-refractivity contribution in [2.24, 2.45) is 0 Å². The number of benzene rings is 4. The van der Waals surface area contributed by atoms with Gasteiger partial charge >= 0.3 is 0 Å². The summed E-state index contributed by atoms with van der Waals surface area (Å²) in [5.74, 6) is 0. The highest BCUT2D eigenvalue weighted by Crippen LogP contribution is 2.53. The first kappa shape index (κ1) is 28.4.